The zero-order valence-electron chi connectivity index (χ0n) is 14.1. The van der Waals surface area contributed by atoms with Gasteiger partial charge in [0.15, 0.2) is 0 Å². The highest BCUT2D eigenvalue weighted by molar-refractivity contribution is 7.13. The molecular formula is C20H18N4OS. The van der Waals surface area contributed by atoms with Crippen molar-refractivity contribution in [1.82, 2.24) is 19.7 Å². The molecule has 0 atom stereocenters. The number of hydrogen-bond acceptors (Lipinski definition) is 4. The van der Waals surface area contributed by atoms with E-state index < -0.39 is 0 Å². The third kappa shape index (κ3) is 3.65. The third-order valence-corrected chi connectivity index (χ3v) is 5.08. The van der Waals surface area contributed by atoms with E-state index in [-0.39, 0.29) is 5.91 Å². The van der Waals surface area contributed by atoms with E-state index in [1.165, 1.54) is 0 Å². The summed E-state index contributed by atoms with van der Waals surface area (Å²) in [7, 11) is 0. The number of carbonyl (C=O) groups excluding carboxylic acids is 1. The number of imidazole rings is 1. The maximum Gasteiger partial charge on any atom is 0.220 e. The molecule has 0 fully saturated rings. The molecule has 0 saturated carbocycles. The Bertz CT molecular complexity index is 1020. The number of nitrogens with one attached hydrogen (secondary N) is 1. The molecule has 0 saturated heterocycles. The van der Waals surface area contributed by atoms with E-state index in [4.69, 9.17) is 0 Å². The molecule has 0 unspecified atom stereocenters. The van der Waals surface area contributed by atoms with Crippen molar-refractivity contribution < 1.29 is 4.79 Å². The van der Waals surface area contributed by atoms with Crippen LogP contribution in [0.1, 0.15) is 17.9 Å². The molecule has 4 aromatic rings. The molecule has 0 aliphatic rings. The minimum absolute atomic E-state index is 0.00643. The minimum Gasteiger partial charge on any atom is -0.349 e. The number of nitrogens with zero attached hydrogens (tertiary/aromatic N) is 3. The first-order valence-electron chi connectivity index (χ1n) is 8.47. The van der Waals surface area contributed by atoms with Crippen molar-refractivity contribution in [3.63, 3.8) is 0 Å². The second-order valence-electron chi connectivity index (χ2n) is 5.96. The molecule has 0 aliphatic carbocycles. The van der Waals surface area contributed by atoms with Crippen molar-refractivity contribution in [2.24, 2.45) is 0 Å². The van der Waals surface area contributed by atoms with Crippen molar-refractivity contribution in [3.05, 3.63) is 77.8 Å². The number of pyridine rings is 1. The van der Waals surface area contributed by atoms with Crippen molar-refractivity contribution in [2.75, 3.05) is 0 Å². The normalized spacial score (nSPS) is 10.9. The molecule has 5 nitrogen and oxygen atoms in total. The number of fused-ring (bicyclic) bond motifs is 1. The van der Waals surface area contributed by atoms with Gasteiger partial charge in [-0.05, 0) is 18.6 Å². The fraction of sp³-hybridized carbons (Fsp3) is 0.150. The lowest BCUT2D eigenvalue weighted by Crippen LogP contribution is -2.24. The SMILES string of the molecule is O=C(CCc1csc(-c2ccccc2)n1)NCc1ncc2ccccn12. The summed E-state index contributed by atoms with van der Waals surface area (Å²) in [6.07, 6.45) is 4.81. The van der Waals surface area contributed by atoms with Crippen LogP contribution in [0.25, 0.3) is 16.1 Å². The Hall–Kier alpha value is -2.99. The topological polar surface area (TPSA) is 59.3 Å². The van der Waals surface area contributed by atoms with E-state index in [1.54, 1.807) is 11.3 Å². The highest BCUT2D eigenvalue weighted by atomic mass is 32.1. The number of thiazole rings is 1. The van der Waals surface area contributed by atoms with Gasteiger partial charge in [0, 0.05) is 23.6 Å². The van der Waals surface area contributed by atoms with Crippen LogP contribution < -0.4 is 5.32 Å². The van der Waals surface area contributed by atoms with Crippen molar-refractivity contribution in [1.29, 1.82) is 0 Å². The van der Waals surface area contributed by atoms with Crippen LogP contribution in [0.4, 0.5) is 0 Å². The van der Waals surface area contributed by atoms with Crippen LogP contribution >= 0.6 is 11.3 Å². The highest BCUT2D eigenvalue weighted by Crippen LogP contribution is 2.23. The van der Waals surface area contributed by atoms with Crippen molar-refractivity contribution >= 4 is 22.8 Å². The molecule has 0 bridgehead atoms. The molecule has 1 aromatic carbocycles. The lowest BCUT2D eigenvalue weighted by atomic mass is 10.2. The van der Waals surface area contributed by atoms with Gasteiger partial charge < -0.3 is 9.72 Å². The van der Waals surface area contributed by atoms with Crippen LogP contribution in [-0.2, 0) is 17.8 Å². The molecule has 130 valence electrons. The highest BCUT2D eigenvalue weighted by Gasteiger charge is 2.09. The maximum atomic E-state index is 12.2. The molecule has 0 aliphatic heterocycles. The average Bonchev–Trinajstić information content (AvgIpc) is 3.33. The summed E-state index contributed by atoms with van der Waals surface area (Å²) in [6.45, 7) is 0.420. The lowest BCUT2D eigenvalue weighted by Gasteiger charge is -2.04. The minimum atomic E-state index is 0.00643. The quantitative estimate of drug-likeness (QED) is 0.569. The van der Waals surface area contributed by atoms with Gasteiger partial charge in [-0.15, -0.1) is 11.3 Å². The number of carbonyl (C=O) groups is 1. The van der Waals surface area contributed by atoms with Crippen LogP contribution in [0.15, 0.2) is 66.3 Å². The van der Waals surface area contributed by atoms with Crippen LogP contribution in [0.2, 0.25) is 0 Å². The number of amides is 1. The Morgan fingerprint density at radius 1 is 1.12 bits per heavy atom. The van der Waals surface area contributed by atoms with Crippen molar-refractivity contribution in [3.8, 4) is 10.6 Å². The molecule has 3 aromatic heterocycles. The number of benzene rings is 1. The van der Waals surface area contributed by atoms with E-state index in [0.29, 0.717) is 19.4 Å². The summed E-state index contributed by atoms with van der Waals surface area (Å²) in [4.78, 5) is 21.1. The summed E-state index contributed by atoms with van der Waals surface area (Å²) in [5.41, 5.74) is 3.09. The number of aromatic nitrogens is 3. The van der Waals surface area contributed by atoms with Gasteiger partial charge in [-0.25, -0.2) is 9.97 Å². The van der Waals surface area contributed by atoms with Gasteiger partial charge in [-0.1, -0.05) is 36.4 Å². The Morgan fingerprint density at radius 3 is 2.85 bits per heavy atom. The number of aryl methyl sites for hydroxylation is 1. The maximum absolute atomic E-state index is 12.2. The summed E-state index contributed by atoms with van der Waals surface area (Å²) in [5, 5.41) is 5.96. The molecule has 0 spiro atoms. The largest absolute Gasteiger partial charge is 0.349 e. The predicted molar refractivity (Wildman–Crippen MR) is 103 cm³/mol. The molecule has 4 rings (SSSR count). The van der Waals surface area contributed by atoms with Gasteiger partial charge in [0.25, 0.3) is 0 Å². The summed E-state index contributed by atoms with van der Waals surface area (Å²) in [6, 6.07) is 16.0. The Kier molecular flexibility index (Phi) is 4.75. The molecule has 26 heavy (non-hydrogen) atoms. The predicted octanol–water partition coefficient (Wildman–Crippen LogP) is 3.71. The average molecular weight is 362 g/mol. The van der Waals surface area contributed by atoms with E-state index >= 15 is 0 Å². The lowest BCUT2D eigenvalue weighted by molar-refractivity contribution is -0.121. The first kappa shape index (κ1) is 16.5. The van der Waals surface area contributed by atoms with Crippen LogP contribution in [0, 0.1) is 0 Å². The molecule has 1 N–H and O–H groups in total. The monoisotopic (exact) mass is 362 g/mol. The molecule has 3 heterocycles. The van der Waals surface area contributed by atoms with Gasteiger partial charge in [0.1, 0.15) is 10.8 Å². The Morgan fingerprint density at radius 2 is 1.96 bits per heavy atom. The number of rotatable bonds is 6. The molecular weight excluding hydrogens is 344 g/mol. The molecule has 1 amide bonds. The van der Waals surface area contributed by atoms with Gasteiger partial charge in [-0.2, -0.15) is 0 Å². The fourth-order valence-electron chi connectivity index (χ4n) is 2.77. The fourth-order valence-corrected chi connectivity index (χ4v) is 3.63. The second-order valence-corrected chi connectivity index (χ2v) is 6.81. The Balaban J connectivity index is 1.31. The van der Waals surface area contributed by atoms with Crippen LogP contribution in [-0.4, -0.2) is 20.3 Å². The van der Waals surface area contributed by atoms with E-state index in [0.717, 1.165) is 27.6 Å². The van der Waals surface area contributed by atoms with Crippen LogP contribution in [0.5, 0.6) is 0 Å². The van der Waals surface area contributed by atoms with Gasteiger partial charge in [0.2, 0.25) is 5.91 Å². The van der Waals surface area contributed by atoms with Gasteiger partial charge in [-0.3, -0.25) is 4.79 Å². The molecule has 6 heteroatoms. The van der Waals surface area contributed by atoms with E-state index in [9.17, 15) is 4.79 Å². The van der Waals surface area contributed by atoms with E-state index in [1.807, 2.05) is 70.7 Å². The smallest absolute Gasteiger partial charge is 0.220 e. The summed E-state index contributed by atoms with van der Waals surface area (Å²) < 4.78 is 1.98. The first-order chi connectivity index (χ1) is 12.8. The van der Waals surface area contributed by atoms with Crippen LogP contribution in [0.3, 0.4) is 0 Å². The van der Waals surface area contributed by atoms with Gasteiger partial charge in [0.05, 0.1) is 24.0 Å². The number of hydrogen-bond donors (Lipinski definition) is 1. The van der Waals surface area contributed by atoms with Crippen molar-refractivity contribution in [2.45, 2.75) is 19.4 Å². The standard InChI is InChI=1S/C20H18N4OS/c25-19(22-13-18-21-12-17-8-4-5-11-24(17)18)10-9-16-14-26-20(23-16)15-6-2-1-3-7-15/h1-8,11-12,14H,9-10,13H2,(H,22,25). The van der Waals surface area contributed by atoms with E-state index in [2.05, 4.69) is 15.3 Å². The van der Waals surface area contributed by atoms with Gasteiger partial charge >= 0.3 is 0 Å². The summed E-state index contributed by atoms with van der Waals surface area (Å²) in [5.74, 6) is 0.834. The second kappa shape index (κ2) is 7.49. The third-order valence-electron chi connectivity index (χ3n) is 4.14. The Labute approximate surface area is 155 Å². The first-order valence-corrected chi connectivity index (χ1v) is 9.35. The summed E-state index contributed by atoms with van der Waals surface area (Å²) >= 11 is 1.61. The zero-order chi connectivity index (χ0) is 17.8. The molecule has 0 radical (unpaired) electrons. The zero-order valence-corrected chi connectivity index (χ0v) is 14.9.